The fourth-order valence-electron chi connectivity index (χ4n) is 2.96. The van der Waals surface area contributed by atoms with E-state index in [1.54, 1.807) is 0 Å². The minimum Gasteiger partial charge on any atom is -0.310 e. The van der Waals surface area contributed by atoms with E-state index in [4.69, 9.17) is 23.2 Å². The van der Waals surface area contributed by atoms with Gasteiger partial charge in [0.1, 0.15) is 0 Å². The molecule has 1 unspecified atom stereocenters. The molecule has 0 radical (unpaired) electrons. The highest BCUT2D eigenvalue weighted by Crippen LogP contribution is 2.36. The number of hydrogen-bond donors (Lipinski definition) is 1. The summed E-state index contributed by atoms with van der Waals surface area (Å²) in [6.07, 6.45) is 2.30. The Balaban J connectivity index is 1.99. The summed E-state index contributed by atoms with van der Waals surface area (Å²) in [7, 11) is 0. The van der Waals surface area contributed by atoms with Crippen molar-refractivity contribution in [2.75, 3.05) is 6.54 Å². The number of hydrogen-bond acceptors (Lipinski definition) is 1. The molecule has 1 aliphatic rings. The van der Waals surface area contributed by atoms with E-state index in [1.165, 1.54) is 17.5 Å². The normalized spacial score (nSPS) is 17.2. The Kier molecular flexibility index (Phi) is 4.02. The fourth-order valence-corrected chi connectivity index (χ4v) is 3.36. The summed E-state index contributed by atoms with van der Waals surface area (Å²) >= 11 is 12.4. The summed E-state index contributed by atoms with van der Waals surface area (Å²) in [5.41, 5.74) is 5.00. The molecule has 0 bridgehead atoms. The minimum absolute atomic E-state index is 0.499. The van der Waals surface area contributed by atoms with Gasteiger partial charge < -0.3 is 5.32 Å². The van der Waals surface area contributed by atoms with Crippen molar-refractivity contribution in [3.63, 3.8) is 0 Å². The van der Waals surface area contributed by atoms with Crippen LogP contribution in [0.5, 0.6) is 0 Å². The van der Waals surface area contributed by atoms with Gasteiger partial charge in [0, 0.05) is 21.7 Å². The predicted molar refractivity (Wildman–Crippen MR) is 86.6 cm³/mol. The maximum absolute atomic E-state index is 6.29. The van der Waals surface area contributed by atoms with E-state index in [9.17, 15) is 0 Å². The Morgan fingerprint density at radius 3 is 2.80 bits per heavy atom. The summed E-state index contributed by atoms with van der Waals surface area (Å²) in [6.45, 7) is 3.16. The van der Waals surface area contributed by atoms with Crippen LogP contribution in [0, 0.1) is 0 Å². The first kappa shape index (κ1) is 13.9. The van der Waals surface area contributed by atoms with Crippen molar-refractivity contribution >= 4 is 23.2 Å². The van der Waals surface area contributed by atoms with E-state index >= 15 is 0 Å². The van der Waals surface area contributed by atoms with Crippen LogP contribution in [0.3, 0.4) is 0 Å². The van der Waals surface area contributed by atoms with Crippen molar-refractivity contribution in [3.05, 3.63) is 57.6 Å². The Labute approximate surface area is 129 Å². The third-order valence-electron chi connectivity index (χ3n) is 3.91. The standard InChI is InChI=1S/C17H17Cl2N/c1-2-20-17-8-4-11-9-12(3-6-14(11)17)15-10-13(18)5-7-16(15)19/h3,5-7,9-10,17,20H,2,4,8H2,1H3. The van der Waals surface area contributed by atoms with Gasteiger partial charge in [-0.25, -0.2) is 0 Å². The zero-order valence-electron chi connectivity index (χ0n) is 11.4. The van der Waals surface area contributed by atoms with E-state index in [0.29, 0.717) is 6.04 Å². The van der Waals surface area contributed by atoms with E-state index in [1.807, 2.05) is 18.2 Å². The smallest absolute Gasteiger partial charge is 0.0485 e. The van der Waals surface area contributed by atoms with E-state index in [0.717, 1.165) is 34.1 Å². The van der Waals surface area contributed by atoms with Crippen LogP contribution in [0.15, 0.2) is 36.4 Å². The molecule has 2 aromatic rings. The molecule has 2 aromatic carbocycles. The maximum atomic E-state index is 6.29. The molecule has 20 heavy (non-hydrogen) atoms. The molecule has 0 spiro atoms. The number of nitrogens with one attached hydrogen (secondary N) is 1. The Morgan fingerprint density at radius 1 is 1.15 bits per heavy atom. The Bertz CT molecular complexity index is 637. The number of rotatable bonds is 3. The molecule has 0 saturated heterocycles. The molecule has 0 fully saturated rings. The molecule has 0 amide bonds. The number of fused-ring (bicyclic) bond motifs is 1. The van der Waals surface area contributed by atoms with Crippen molar-refractivity contribution in [3.8, 4) is 11.1 Å². The lowest BCUT2D eigenvalue weighted by Crippen LogP contribution is -2.18. The highest BCUT2D eigenvalue weighted by Gasteiger charge is 2.21. The monoisotopic (exact) mass is 305 g/mol. The van der Waals surface area contributed by atoms with Crippen LogP contribution >= 0.6 is 23.2 Å². The van der Waals surface area contributed by atoms with Crippen LogP contribution in [-0.4, -0.2) is 6.54 Å². The molecule has 1 atom stereocenters. The van der Waals surface area contributed by atoms with Crippen LogP contribution < -0.4 is 5.32 Å². The van der Waals surface area contributed by atoms with E-state index < -0.39 is 0 Å². The van der Waals surface area contributed by atoms with Crippen molar-refractivity contribution in [2.24, 2.45) is 0 Å². The molecule has 3 rings (SSSR count). The van der Waals surface area contributed by atoms with Gasteiger partial charge in [0.15, 0.2) is 0 Å². The Hall–Kier alpha value is -1.02. The van der Waals surface area contributed by atoms with Crippen LogP contribution in [0.1, 0.15) is 30.5 Å². The lowest BCUT2D eigenvalue weighted by Gasteiger charge is -2.13. The molecular formula is C17H17Cl2N. The summed E-state index contributed by atoms with van der Waals surface area (Å²) in [6, 6.07) is 12.7. The molecule has 0 aliphatic heterocycles. The second-order valence-electron chi connectivity index (χ2n) is 5.19. The third-order valence-corrected chi connectivity index (χ3v) is 4.48. The summed E-state index contributed by atoms with van der Waals surface area (Å²) in [5.74, 6) is 0. The lowest BCUT2D eigenvalue weighted by molar-refractivity contribution is 0.549. The quantitative estimate of drug-likeness (QED) is 0.816. The van der Waals surface area contributed by atoms with Crippen molar-refractivity contribution < 1.29 is 0 Å². The number of benzene rings is 2. The van der Waals surface area contributed by atoms with E-state index in [-0.39, 0.29) is 0 Å². The summed E-state index contributed by atoms with van der Waals surface area (Å²) in [4.78, 5) is 0. The lowest BCUT2D eigenvalue weighted by atomic mass is 9.99. The zero-order valence-corrected chi connectivity index (χ0v) is 12.9. The highest BCUT2D eigenvalue weighted by molar-refractivity contribution is 6.35. The largest absolute Gasteiger partial charge is 0.310 e. The molecule has 0 saturated carbocycles. The molecule has 104 valence electrons. The van der Waals surface area contributed by atoms with Crippen molar-refractivity contribution in [1.29, 1.82) is 0 Å². The average Bonchev–Trinajstić information content (AvgIpc) is 2.84. The zero-order chi connectivity index (χ0) is 14.1. The van der Waals surface area contributed by atoms with Gasteiger partial charge >= 0.3 is 0 Å². The van der Waals surface area contributed by atoms with Crippen LogP contribution in [0.2, 0.25) is 10.0 Å². The molecule has 1 nitrogen and oxygen atoms in total. The molecule has 0 heterocycles. The topological polar surface area (TPSA) is 12.0 Å². The van der Waals surface area contributed by atoms with Crippen LogP contribution in [-0.2, 0) is 6.42 Å². The number of halogens is 2. The van der Waals surface area contributed by atoms with Gasteiger partial charge in [0.25, 0.3) is 0 Å². The molecule has 1 aliphatic carbocycles. The first-order valence-electron chi connectivity index (χ1n) is 7.00. The first-order chi connectivity index (χ1) is 9.69. The number of aryl methyl sites for hydroxylation is 1. The average molecular weight is 306 g/mol. The fraction of sp³-hybridized carbons (Fsp3) is 0.294. The molecule has 0 aromatic heterocycles. The second kappa shape index (κ2) is 5.77. The van der Waals surface area contributed by atoms with Gasteiger partial charge in [0.2, 0.25) is 0 Å². The SMILES string of the molecule is CCNC1CCc2cc(-c3cc(Cl)ccc3Cl)ccc21. The van der Waals surface area contributed by atoms with Gasteiger partial charge in [-0.15, -0.1) is 0 Å². The maximum Gasteiger partial charge on any atom is 0.0485 e. The van der Waals surface area contributed by atoms with Gasteiger partial charge in [-0.2, -0.15) is 0 Å². The van der Waals surface area contributed by atoms with Crippen LogP contribution in [0.4, 0.5) is 0 Å². The van der Waals surface area contributed by atoms with Crippen LogP contribution in [0.25, 0.3) is 11.1 Å². The molecule has 3 heteroatoms. The predicted octanol–water partition coefficient (Wildman–Crippen LogP) is 5.26. The van der Waals surface area contributed by atoms with Gasteiger partial charge in [0.05, 0.1) is 0 Å². The summed E-state index contributed by atoms with van der Waals surface area (Å²) < 4.78 is 0. The first-order valence-corrected chi connectivity index (χ1v) is 7.76. The van der Waals surface area contributed by atoms with E-state index in [2.05, 4.69) is 30.4 Å². The van der Waals surface area contributed by atoms with Gasteiger partial charge in [-0.3, -0.25) is 0 Å². The minimum atomic E-state index is 0.499. The van der Waals surface area contributed by atoms with Crippen molar-refractivity contribution in [1.82, 2.24) is 5.32 Å². The molecule has 1 N–H and O–H groups in total. The van der Waals surface area contributed by atoms with Gasteiger partial charge in [-0.1, -0.05) is 48.3 Å². The Morgan fingerprint density at radius 2 is 2.00 bits per heavy atom. The third kappa shape index (κ3) is 2.58. The summed E-state index contributed by atoms with van der Waals surface area (Å²) in [5, 5.41) is 5.00. The van der Waals surface area contributed by atoms with Gasteiger partial charge in [-0.05, 0) is 54.3 Å². The highest BCUT2D eigenvalue weighted by atomic mass is 35.5. The second-order valence-corrected chi connectivity index (χ2v) is 6.03. The molecular weight excluding hydrogens is 289 g/mol. The van der Waals surface area contributed by atoms with Crippen molar-refractivity contribution in [2.45, 2.75) is 25.8 Å².